The predicted octanol–water partition coefficient (Wildman–Crippen LogP) is 2.88. The maximum Gasteiger partial charge on any atom is 0.243 e. The van der Waals surface area contributed by atoms with Crippen molar-refractivity contribution in [3.63, 3.8) is 0 Å². The van der Waals surface area contributed by atoms with Crippen LogP contribution in [-0.2, 0) is 14.8 Å². The van der Waals surface area contributed by atoms with Gasteiger partial charge in [-0.05, 0) is 43.9 Å². The summed E-state index contributed by atoms with van der Waals surface area (Å²) in [6, 6.07) is 6.87. The highest BCUT2D eigenvalue weighted by Crippen LogP contribution is 2.37. The molecule has 1 aliphatic carbocycles. The van der Waals surface area contributed by atoms with Crippen molar-refractivity contribution in [2.24, 2.45) is 5.92 Å². The van der Waals surface area contributed by atoms with Crippen LogP contribution < -0.4 is 0 Å². The third-order valence-electron chi connectivity index (χ3n) is 3.68. The molecule has 0 bridgehead atoms. The SMILES string of the molecule is COCCN(C(C)C1CC1)S(=O)(=O)c1cccc(Br)c1. The highest BCUT2D eigenvalue weighted by atomic mass is 79.9. The van der Waals surface area contributed by atoms with E-state index in [1.165, 1.54) is 0 Å². The molecular weight excluding hydrogens is 342 g/mol. The zero-order chi connectivity index (χ0) is 14.8. The van der Waals surface area contributed by atoms with Gasteiger partial charge in [0.05, 0.1) is 11.5 Å². The number of benzene rings is 1. The van der Waals surface area contributed by atoms with Gasteiger partial charge in [-0.15, -0.1) is 0 Å². The van der Waals surface area contributed by atoms with Crippen LogP contribution in [0.1, 0.15) is 19.8 Å². The first-order chi connectivity index (χ1) is 9.46. The molecular formula is C14H20BrNO3S. The van der Waals surface area contributed by atoms with Crippen molar-refractivity contribution < 1.29 is 13.2 Å². The monoisotopic (exact) mass is 361 g/mol. The van der Waals surface area contributed by atoms with E-state index in [-0.39, 0.29) is 6.04 Å². The molecule has 1 atom stereocenters. The molecule has 0 heterocycles. The largest absolute Gasteiger partial charge is 0.383 e. The third-order valence-corrected chi connectivity index (χ3v) is 6.15. The first kappa shape index (κ1) is 15.9. The van der Waals surface area contributed by atoms with Gasteiger partial charge in [-0.2, -0.15) is 4.31 Å². The van der Waals surface area contributed by atoms with Gasteiger partial charge in [0.1, 0.15) is 0 Å². The Kier molecular flexibility index (Phi) is 5.23. The highest BCUT2D eigenvalue weighted by Gasteiger charge is 2.38. The molecule has 1 fully saturated rings. The molecule has 0 radical (unpaired) electrons. The van der Waals surface area contributed by atoms with Crippen LogP contribution in [-0.4, -0.2) is 39.0 Å². The number of sulfonamides is 1. The predicted molar refractivity (Wildman–Crippen MR) is 82.1 cm³/mol. The molecule has 6 heteroatoms. The number of rotatable bonds is 7. The van der Waals surface area contributed by atoms with E-state index in [4.69, 9.17) is 4.74 Å². The molecule has 0 spiro atoms. The second kappa shape index (κ2) is 6.56. The van der Waals surface area contributed by atoms with Crippen LogP contribution in [0.3, 0.4) is 0 Å². The quantitative estimate of drug-likeness (QED) is 0.749. The maximum atomic E-state index is 12.8. The second-order valence-electron chi connectivity index (χ2n) is 5.14. The number of hydrogen-bond donors (Lipinski definition) is 0. The molecule has 0 aliphatic heterocycles. The lowest BCUT2D eigenvalue weighted by atomic mass is 10.2. The fourth-order valence-electron chi connectivity index (χ4n) is 2.30. The lowest BCUT2D eigenvalue weighted by Gasteiger charge is -2.28. The summed E-state index contributed by atoms with van der Waals surface area (Å²) in [7, 11) is -1.89. The van der Waals surface area contributed by atoms with Gasteiger partial charge in [0.15, 0.2) is 0 Å². The van der Waals surface area contributed by atoms with E-state index >= 15 is 0 Å². The summed E-state index contributed by atoms with van der Waals surface area (Å²) >= 11 is 3.33. The number of ether oxygens (including phenoxy) is 1. The van der Waals surface area contributed by atoms with Crippen molar-refractivity contribution in [1.82, 2.24) is 4.31 Å². The number of halogens is 1. The topological polar surface area (TPSA) is 46.6 Å². The summed E-state index contributed by atoms with van der Waals surface area (Å²) in [6.07, 6.45) is 2.22. The van der Waals surface area contributed by atoms with Gasteiger partial charge in [-0.3, -0.25) is 0 Å². The van der Waals surface area contributed by atoms with Crippen LogP contribution in [0.2, 0.25) is 0 Å². The minimum atomic E-state index is -3.48. The van der Waals surface area contributed by atoms with Gasteiger partial charge >= 0.3 is 0 Å². The molecule has 0 aromatic heterocycles. The maximum absolute atomic E-state index is 12.8. The lowest BCUT2D eigenvalue weighted by molar-refractivity contribution is 0.164. The Morgan fingerprint density at radius 1 is 1.45 bits per heavy atom. The average molecular weight is 362 g/mol. The molecule has 20 heavy (non-hydrogen) atoms. The minimum absolute atomic E-state index is 0.0223. The summed E-state index contributed by atoms with van der Waals surface area (Å²) in [4.78, 5) is 0.329. The Hall–Kier alpha value is -0.430. The van der Waals surface area contributed by atoms with Crippen LogP contribution in [0.25, 0.3) is 0 Å². The molecule has 4 nitrogen and oxygen atoms in total. The van der Waals surface area contributed by atoms with Crippen molar-refractivity contribution in [3.05, 3.63) is 28.7 Å². The summed E-state index contributed by atoms with van der Waals surface area (Å²) < 4.78 is 33.0. The van der Waals surface area contributed by atoms with Gasteiger partial charge < -0.3 is 4.74 Å². The number of hydrogen-bond acceptors (Lipinski definition) is 3. The molecule has 2 rings (SSSR count). The van der Waals surface area contributed by atoms with Crippen molar-refractivity contribution in [1.29, 1.82) is 0 Å². The van der Waals surface area contributed by atoms with Crippen molar-refractivity contribution in [3.8, 4) is 0 Å². The van der Waals surface area contributed by atoms with E-state index in [1.807, 2.05) is 13.0 Å². The molecule has 0 N–H and O–H groups in total. The normalized spacial score (nSPS) is 17.4. The molecule has 0 saturated heterocycles. The van der Waals surface area contributed by atoms with Crippen LogP contribution in [0.4, 0.5) is 0 Å². The Balaban J connectivity index is 2.30. The van der Waals surface area contributed by atoms with Crippen molar-refractivity contribution in [2.75, 3.05) is 20.3 Å². The minimum Gasteiger partial charge on any atom is -0.383 e. The van der Waals surface area contributed by atoms with E-state index in [1.54, 1.807) is 29.6 Å². The summed E-state index contributed by atoms with van der Waals surface area (Å²) in [5, 5.41) is 0. The average Bonchev–Trinajstić information content (AvgIpc) is 3.23. The van der Waals surface area contributed by atoms with E-state index in [0.717, 1.165) is 17.3 Å². The second-order valence-corrected chi connectivity index (χ2v) is 7.95. The Morgan fingerprint density at radius 3 is 2.70 bits per heavy atom. The molecule has 0 amide bonds. The van der Waals surface area contributed by atoms with E-state index in [0.29, 0.717) is 24.0 Å². The highest BCUT2D eigenvalue weighted by molar-refractivity contribution is 9.10. The smallest absolute Gasteiger partial charge is 0.243 e. The van der Waals surface area contributed by atoms with Crippen LogP contribution in [0.5, 0.6) is 0 Å². The Bertz CT molecular complexity index is 557. The fraction of sp³-hybridized carbons (Fsp3) is 0.571. The lowest BCUT2D eigenvalue weighted by Crippen LogP contribution is -2.41. The summed E-state index contributed by atoms with van der Waals surface area (Å²) in [6.45, 7) is 2.79. The van der Waals surface area contributed by atoms with Gasteiger partial charge in [0.2, 0.25) is 10.0 Å². The summed E-state index contributed by atoms with van der Waals surface area (Å²) in [5.41, 5.74) is 0. The van der Waals surface area contributed by atoms with Crippen molar-refractivity contribution in [2.45, 2.75) is 30.7 Å². The van der Waals surface area contributed by atoms with Crippen LogP contribution >= 0.6 is 15.9 Å². The first-order valence-corrected chi connectivity index (χ1v) is 8.96. The molecule has 1 unspecified atom stereocenters. The molecule has 1 aromatic rings. The van der Waals surface area contributed by atoms with Crippen molar-refractivity contribution >= 4 is 26.0 Å². The van der Waals surface area contributed by atoms with Gasteiger partial charge in [0.25, 0.3) is 0 Å². The number of nitrogens with zero attached hydrogens (tertiary/aromatic N) is 1. The Morgan fingerprint density at radius 2 is 2.15 bits per heavy atom. The zero-order valence-corrected chi connectivity index (χ0v) is 14.2. The van der Waals surface area contributed by atoms with Gasteiger partial charge in [-0.1, -0.05) is 22.0 Å². The van der Waals surface area contributed by atoms with E-state index in [9.17, 15) is 8.42 Å². The van der Waals surface area contributed by atoms with Gasteiger partial charge in [0, 0.05) is 24.2 Å². The standard InChI is InChI=1S/C14H20BrNO3S/c1-11(12-6-7-12)16(8-9-19-2)20(17,18)14-5-3-4-13(15)10-14/h3-5,10-12H,6-9H2,1-2H3. The first-order valence-electron chi connectivity index (χ1n) is 6.73. The molecule has 112 valence electrons. The number of methoxy groups -OCH3 is 1. The molecule has 1 aliphatic rings. The fourth-order valence-corrected chi connectivity index (χ4v) is 4.57. The van der Waals surface area contributed by atoms with E-state index < -0.39 is 10.0 Å². The molecule has 1 aromatic carbocycles. The van der Waals surface area contributed by atoms with Crippen LogP contribution in [0, 0.1) is 5.92 Å². The van der Waals surface area contributed by atoms with Gasteiger partial charge in [-0.25, -0.2) is 8.42 Å². The summed E-state index contributed by atoms with van der Waals surface area (Å²) in [5.74, 6) is 0.480. The Labute approximate surface area is 129 Å². The zero-order valence-electron chi connectivity index (χ0n) is 11.8. The van der Waals surface area contributed by atoms with Crippen LogP contribution in [0.15, 0.2) is 33.6 Å². The third kappa shape index (κ3) is 3.61. The van der Waals surface area contributed by atoms with E-state index in [2.05, 4.69) is 15.9 Å². The molecule has 1 saturated carbocycles.